The second-order valence-electron chi connectivity index (χ2n) is 6.00. The normalized spacial score (nSPS) is 12.5. The summed E-state index contributed by atoms with van der Waals surface area (Å²) in [6.07, 6.45) is -1.51. The summed E-state index contributed by atoms with van der Waals surface area (Å²) >= 11 is 5.79. The Morgan fingerprint density at radius 1 is 1.15 bits per heavy atom. The van der Waals surface area contributed by atoms with Gasteiger partial charge in [0.25, 0.3) is 6.29 Å². The number of carbonyl (C=O) groups excluding carboxylic acids is 3. The molecule has 0 radical (unpaired) electrons. The van der Waals surface area contributed by atoms with Crippen LogP contribution in [0.2, 0.25) is 5.02 Å². The van der Waals surface area contributed by atoms with E-state index < -0.39 is 30.2 Å². The summed E-state index contributed by atoms with van der Waals surface area (Å²) in [7, 11) is 0. The van der Waals surface area contributed by atoms with E-state index in [1.807, 2.05) is 0 Å². The molecular formula is C18H23ClNNaO6. The van der Waals surface area contributed by atoms with Gasteiger partial charge in [-0.05, 0) is 24.1 Å². The molecule has 27 heavy (non-hydrogen) atoms. The topological polar surface area (TPSA) is 105 Å². The van der Waals surface area contributed by atoms with E-state index in [1.54, 1.807) is 45.0 Å². The molecule has 144 valence electrons. The molecule has 0 aliphatic heterocycles. The number of ether oxygens (including phenoxy) is 2. The molecule has 0 saturated heterocycles. The molecule has 7 nitrogen and oxygen atoms in total. The molecule has 1 aromatic rings. The van der Waals surface area contributed by atoms with E-state index in [1.165, 1.54) is 0 Å². The van der Waals surface area contributed by atoms with Gasteiger partial charge in [0.15, 0.2) is 0 Å². The number of carboxylic acid groups (broad SMARTS) is 1. The van der Waals surface area contributed by atoms with Gasteiger partial charge < -0.3 is 24.7 Å². The van der Waals surface area contributed by atoms with Crippen LogP contribution in [-0.4, -0.2) is 30.9 Å². The Morgan fingerprint density at radius 3 is 2.22 bits per heavy atom. The fraction of sp³-hybridized carbons (Fsp3) is 0.500. The predicted octanol–water partition coefficient (Wildman–Crippen LogP) is -0.771. The SMILES string of the molecule is CCC(=O)OC(OC(=O)NCCC(C(=O)[O-])c1ccc(Cl)cc1)C(C)C.[Na+]. The van der Waals surface area contributed by atoms with Crippen LogP contribution >= 0.6 is 11.6 Å². The van der Waals surface area contributed by atoms with Crippen LogP contribution in [0.4, 0.5) is 4.79 Å². The number of esters is 1. The number of rotatable bonds is 9. The fourth-order valence-corrected chi connectivity index (χ4v) is 2.22. The Kier molecular flexibility index (Phi) is 12.4. The summed E-state index contributed by atoms with van der Waals surface area (Å²) < 4.78 is 10.1. The number of nitrogens with one attached hydrogen (secondary N) is 1. The Bertz CT molecular complexity index is 623. The largest absolute Gasteiger partial charge is 1.00 e. The van der Waals surface area contributed by atoms with E-state index in [0.29, 0.717) is 10.6 Å². The molecule has 1 rings (SSSR count). The van der Waals surface area contributed by atoms with Crippen molar-refractivity contribution in [1.29, 1.82) is 0 Å². The molecule has 1 N–H and O–H groups in total. The van der Waals surface area contributed by atoms with E-state index in [0.717, 1.165) is 0 Å². The van der Waals surface area contributed by atoms with Gasteiger partial charge in [-0.1, -0.05) is 44.5 Å². The van der Waals surface area contributed by atoms with Crippen LogP contribution in [0, 0.1) is 5.92 Å². The Morgan fingerprint density at radius 2 is 1.74 bits per heavy atom. The zero-order chi connectivity index (χ0) is 19.7. The van der Waals surface area contributed by atoms with Gasteiger partial charge in [-0.15, -0.1) is 0 Å². The van der Waals surface area contributed by atoms with Crippen LogP contribution in [0.25, 0.3) is 0 Å². The molecule has 0 spiro atoms. The molecular weight excluding hydrogens is 385 g/mol. The predicted molar refractivity (Wildman–Crippen MR) is 93.3 cm³/mol. The van der Waals surface area contributed by atoms with Gasteiger partial charge in [0.05, 0.1) is 0 Å². The molecule has 2 atom stereocenters. The molecule has 0 aliphatic carbocycles. The quantitative estimate of drug-likeness (QED) is 0.327. The molecule has 9 heteroatoms. The molecule has 1 amide bonds. The number of benzene rings is 1. The van der Waals surface area contributed by atoms with Gasteiger partial charge in [-0.3, -0.25) is 4.79 Å². The minimum atomic E-state index is -1.25. The van der Waals surface area contributed by atoms with Gasteiger partial charge in [0.1, 0.15) is 0 Å². The van der Waals surface area contributed by atoms with E-state index in [-0.39, 0.29) is 54.9 Å². The summed E-state index contributed by atoms with van der Waals surface area (Å²) in [5.74, 6) is -2.84. The van der Waals surface area contributed by atoms with Crippen molar-refractivity contribution in [1.82, 2.24) is 5.32 Å². The Hall–Kier alpha value is -1.28. The second-order valence-corrected chi connectivity index (χ2v) is 6.44. The second kappa shape index (κ2) is 13.0. The molecule has 0 saturated carbocycles. The first-order chi connectivity index (χ1) is 12.2. The first kappa shape index (κ1) is 25.7. The monoisotopic (exact) mass is 407 g/mol. The van der Waals surface area contributed by atoms with E-state index in [9.17, 15) is 19.5 Å². The van der Waals surface area contributed by atoms with Gasteiger partial charge in [0, 0.05) is 35.8 Å². The smallest absolute Gasteiger partial charge is 0.549 e. The maximum Gasteiger partial charge on any atom is 1.00 e. The summed E-state index contributed by atoms with van der Waals surface area (Å²) in [4.78, 5) is 34.5. The molecule has 2 unspecified atom stereocenters. The van der Waals surface area contributed by atoms with Gasteiger partial charge in [0.2, 0.25) is 0 Å². The maximum absolute atomic E-state index is 11.9. The number of hydrogen-bond donors (Lipinski definition) is 1. The maximum atomic E-state index is 11.9. The first-order valence-electron chi connectivity index (χ1n) is 8.34. The standard InChI is InChI=1S/C18H24ClNO6.Na/c1-4-15(21)25-17(11(2)3)26-18(24)20-10-9-14(16(22)23)12-5-7-13(19)8-6-12;/h5-8,11,14,17H,4,9-10H2,1-3H3,(H,20,24)(H,22,23);/q;+1/p-1. The van der Waals surface area contributed by atoms with Gasteiger partial charge in [-0.25, -0.2) is 4.79 Å². The van der Waals surface area contributed by atoms with E-state index in [4.69, 9.17) is 21.1 Å². The van der Waals surface area contributed by atoms with Crippen LogP contribution in [0.5, 0.6) is 0 Å². The van der Waals surface area contributed by atoms with Crippen LogP contribution in [0.1, 0.15) is 45.1 Å². The summed E-state index contributed by atoms with van der Waals surface area (Å²) in [5.41, 5.74) is 0.529. The fourth-order valence-electron chi connectivity index (χ4n) is 2.09. The van der Waals surface area contributed by atoms with Crippen LogP contribution in [0.15, 0.2) is 24.3 Å². The number of halogens is 1. The van der Waals surface area contributed by atoms with Crippen molar-refractivity contribution >= 4 is 29.6 Å². The number of carbonyl (C=O) groups is 3. The van der Waals surface area contributed by atoms with Crippen molar-refractivity contribution in [3.05, 3.63) is 34.9 Å². The van der Waals surface area contributed by atoms with Gasteiger partial charge in [-0.2, -0.15) is 0 Å². The third-order valence-corrected chi connectivity index (χ3v) is 3.82. The Balaban J connectivity index is 0.00000676. The molecule has 0 fully saturated rings. The Labute approximate surface area is 186 Å². The number of carboxylic acids is 1. The zero-order valence-electron chi connectivity index (χ0n) is 16.0. The van der Waals surface area contributed by atoms with Gasteiger partial charge >= 0.3 is 41.6 Å². The van der Waals surface area contributed by atoms with Crippen molar-refractivity contribution in [2.45, 2.75) is 45.8 Å². The average Bonchev–Trinajstić information content (AvgIpc) is 2.58. The first-order valence-corrected chi connectivity index (χ1v) is 8.72. The van der Waals surface area contributed by atoms with Crippen LogP contribution < -0.4 is 40.0 Å². The zero-order valence-corrected chi connectivity index (χ0v) is 18.7. The molecule has 0 aromatic heterocycles. The minimum Gasteiger partial charge on any atom is -0.549 e. The summed E-state index contributed by atoms with van der Waals surface area (Å²) in [6, 6.07) is 6.37. The van der Waals surface area contributed by atoms with Crippen molar-refractivity contribution in [2.75, 3.05) is 6.54 Å². The summed E-state index contributed by atoms with van der Waals surface area (Å²) in [5, 5.41) is 14.3. The van der Waals surface area contributed by atoms with Crippen molar-refractivity contribution in [3.63, 3.8) is 0 Å². The van der Waals surface area contributed by atoms with Crippen LogP contribution in [0.3, 0.4) is 0 Å². The number of hydrogen-bond acceptors (Lipinski definition) is 6. The molecule has 0 bridgehead atoms. The van der Waals surface area contributed by atoms with Crippen molar-refractivity contribution < 1.29 is 58.5 Å². The molecule has 0 heterocycles. The third-order valence-electron chi connectivity index (χ3n) is 3.56. The number of amides is 1. The van der Waals surface area contributed by atoms with Crippen LogP contribution in [-0.2, 0) is 19.1 Å². The third kappa shape index (κ3) is 9.46. The summed E-state index contributed by atoms with van der Waals surface area (Å²) in [6.45, 7) is 5.17. The van der Waals surface area contributed by atoms with Crippen molar-refractivity contribution in [2.24, 2.45) is 5.92 Å². The minimum absolute atomic E-state index is 0. The molecule has 1 aromatic carbocycles. The number of alkyl carbamates (subject to hydrolysis) is 1. The van der Waals surface area contributed by atoms with E-state index >= 15 is 0 Å². The van der Waals surface area contributed by atoms with E-state index in [2.05, 4.69) is 5.32 Å². The number of aliphatic carboxylic acids is 1. The molecule has 0 aliphatic rings. The van der Waals surface area contributed by atoms with Crippen molar-refractivity contribution in [3.8, 4) is 0 Å². The average molecular weight is 408 g/mol.